The van der Waals surface area contributed by atoms with Crippen LogP contribution in [-0.2, 0) is 9.84 Å². The van der Waals surface area contributed by atoms with E-state index in [9.17, 15) is 8.42 Å². The van der Waals surface area contributed by atoms with Crippen LogP contribution in [0.1, 0.15) is 48.0 Å². The molecule has 98 valence electrons. The fourth-order valence-electron chi connectivity index (χ4n) is 1.26. The molecule has 0 bridgehead atoms. The molecule has 0 amide bonds. The first-order chi connectivity index (χ1) is 7.08. The Labute approximate surface area is 101 Å². The summed E-state index contributed by atoms with van der Waals surface area (Å²) >= 11 is 0. The van der Waals surface area contributed by atoms with E-state index in [0.29, 0.717) is 12.3 Å². The summed E-state index contributed by atoms with van der Waals surface area (Å²) in [5, 5.41) is 2.93. The molecule has 0 aliphatic rings. The molecule has 3 nitrogen and oxygen atoms in total. The van der Waals surface area contributed by atoms with Crippen molar-refractivity contribution in [3.05, 3.63) is 0 Å². The molecule has 0 fully saturated rings. The van der Waals surface area contributed by atoms with Gasteiger partial charge in [0.15, 0.2) is 9.84 Å². The molecule has 1 N–H and O–H groups in total. The molecule has 0 heterocycles. The maximum absolute atomic E-state index is 12.0. The van der Waals surface area contributed by atoms with E-state index in [-0.39, 0.29) is 16.7 Å². The first kappa shape index (κ1) is 15.9. The molecule has 4 heteroatoms. The van der Waals surface area contributed by atoms with Gasteiger partial charge in [0.1, 0.15) is 0 Å². The van der Waals surface area contributed by atoms with Gasteiger partial charge in [-0.3, -0.25) is 0 Å². The third-order valence-corrected chi connectivity index (χ3v) is 5.17. The molecule has 2 unspecified atom stereocenters. The lowest BCUT2D eigenvalue weighted by Crippen LogP contribution is -2.43. The minimum Gasteiger partial charge on any atom is -0.311 e. The predicted molar refractivity (Wildman–Crippen MR) is 70.5 cm³/mol. The zero-order valence-corrected chi connectivity index (χ0v) is 12.3. The van der Waals surface area contributed by atoms with Crippen molar-refractivity contribution < 1.29 is 8.42 Å². The maximum atomic E-state index is 12.0. The van der Waals surface area contributed by atoms with Gasteiger partial charge in [-0.05, 0) is 33.6 Å². The summed E-state index contributed by atoms with van der Waals surface area (Å²) in [5.41, 5.74) is -0.0276. The van der Waals surface area contributed by atoms with Gasteiger partial charge in [-0.25, -0.2) is 8.42 Å². The van der Waals surface area contributed by atoms with Crippen LogP contribution < -0.4 is 5.32 Å². The number of nitrogens with one attached hydrogen (secondary N) is 1. The number of hydrogen-bond donors (Lipinski definition) is 1. The molecule has 0 radical (unpaired) electrons. The lowest BCUT2D eigenvalue weighted by Gasteiger charge is -2.24. The van der Waals surface area contributed by atoms with Crippen LogP contribution in [0, 0.1) is 5.92 Å². The minimum absolute atomic E-state index is 0.0276. The van der Waals surface area contributed by atoms with Gasteiger partial charge in [-0.1, -0.05) is 20.3 Å². The topological polar surface area (TPSA) is 46.2 Å². The highest BCUT2D eigenvalue weighted by Gasteiger charge is 2.24. The van der Waals surface area contributed by atoms with Crippen molar-refractivity contribution >= 4 is 9.84 Å². The van der Waals surface area contributed by atoms with E-state index in [1.807, 2.05) is 34.6 Å². The summed E-state index contributed by atoms with van der Waals surface area (Å²) in [6.45, 7) is 12.5. The van der Waals surface area contributed by atoms with E-state index in [0.717, 1.165) is 6.42 Å². The van der Waals surface area contributed by atoms with E-state index in [1.165, 1.54) is 0 Å². The van der Waals surface area contributed by atoms with Crippen molar-refractivity contribution in [3.8, 4) is 0 Å². The Morgan fingerprint density at radius 3 is 2.06 bits per heavy atom. The van der Waals surface area contributed by atoms with Crippen LogP contribution in [0.5, 0.6) is 0 Å². The third-order valence-electron chi connectivity index (χ3n) is 2.75. The van der Waals surface area contributed by atoms with Crippen LogP contribution in [0.25, 0.3) is 0 Å². The van der Waals surface area contributed by atoms with E-state index in [1.54, 1.807) is 6.92 Å². The van der Waals surface area contributed by atoms with Gasteiger partial charge in [0.25, 0.3) is 0 Å². The quantitative estimate of drug-likeness (QED) is 0.785. The Balaban J connectivity index is 4.31. The van der Waals surface area contributed by atoms with Crippen LogP contribution in [0.2, 0.25) is 0 Å². The van der Waals surface area contributed by atoms with Crippen LogP contribution in [0.4, 0.5) is 0 Å². The van der Waals surface area contributed by atoms with Crippen LogP contribution in [0.3, 0.4) is 0 Å². The summed E-state index contributed by atoms with van der Waals surface area (Å²) in [4.78, 5) is 0. The van der Waals surface area contributed by atoms with E-state index in [4.69, 9.17) is 0 Å². The highest BCUT2D eigenvalue weighted by molar-refractivity contribution is 7.92. The first-order valence-electron chi connectivity index (χ1n) is 6.05. The standard InChI is InChI=1S/C12H27NO2S/c1-7-10(2)9-16(14,15)11(3)8-13-12(4,5)6/h10-11,13H,7-9H2,1-6H3. The van der Waals surface area contributed by atoms with Crippen molar-refractivity contribution in [3.63, 3.8) is 0 Å². The lowest BCUT2D eigenvalue weighted by molar-refractivity contribution is 0.424. The summed E-state index contributed by atoms with van der Waals surface area (Å²) in [6, 6.07) is 0. The molecule has 0 aromatic carbocycles. The molecule has 0 aliphatic carbocycles. The van der Waals surface area contributed by atoms with Crippen molar-refractivity contribution in [1.82, 2.24) is 5.32 Å². The maximum Gasteiger partial charge on any atom is 0.154 e. The molecule has 16 heavy (non-hydrogen) atoms. The summed E-state index contributed by atoms with van der Waals surface area (Å²) in [7, 11) is -2.96. The number of hydrogen-bond acceptors (Lipinski definition) is 3. The average molecular weight is 249 g/mol. The zero-order valence-electron chi connectivity index (χ0n) is 11.5. The van der Waals surface area contributed by atoms with Gasteiger partial charge >= 0.3 is 0 Å². The van der Waals surface area contributed by atoms with E-state index in [2.05, 4.69) is 5.32 Å². The Kier molecular flexibility index (Phi) is 5.98. The van der Waals surface area contributed by atoms with E-state index < -0.39 is 9.84 Å². The fraction of sp³-hybridized carbons (Fsp3) is 1.00. The van der Waals surface area contributed by atoms with Gasteiger partial charge in [-0.2, -0.15) is 0 Å². The lowest BCUT2D eigenvalue weighted by atomic mass is 10.1. The first-order valence-corrected chi connectivity index (χ1v) is 7.76. The molecule has 0 saturated carbocycles. The molecule has 0 spiro atoms. The largest absolute Gasteiger partial charge is 0.311 e. The molecule has 0 rings (SSSR count). The normalized spacial score (nSPS) is 17.1. The van der Waals surface area contributed by atoms with Gasteiger partial charge in [0.2, 0.25) is 0 Å². The average Bonchev–Trinajstić information content (AvgIpc) is 2.11. The zero-order chi connectivity index (χ0) is 13.0. The van der Waals surface area contributed by atoms with Crippen molar-refractivity contribution in [2.24, 2.45) is 5.92 Å². The molecule has 2 atom stereocenters. The Morgan fingerprint density at radius 2 is 1.69 bits per heavy atom. The Hall–Kier alpha value is -0.0900. The van der Waals surface area contributed by atoms with Gasteiger partial charge in [-0.15, -0.1) is 0 Å². The molecule has 0 saturated heterocycles. The summed E-state index contributed by atoms with van der Waals surface area (Å²) in [6.07, 6.45) is 0.915. The fourth-order valence-corrected chi connectivity index (χ4v) is 2.95. The van der Waals surface area contributed by atoms with Gasteiger partial charge in [0.05, 0.1) is 11.0 Å². The second-order valence-electron chi connectivity index (χ2n) is 5.78. The van der Waals surface area contributed by atoms with Crippen molar-refractivity contribution in [2.45, 2.75) is 58.8 Å². The van der Waals surface area contributed by atoms with E-state index >= 15 is 0 Å². The molecular formula is C12H27NO2S. The van der Waals surface area contributed by atoms with Gasteiger partial charge < -0.3 is 5.32 Å². The smallest absolute Gasteiger partial charge is 0.154 e. The number of rotatable bonds is 6. The molecule has 0 aliphatic heterocycles. The summed E-state index contributed by atoms with van der Waals surface area (Å²) < 4.78 is 24.0. The highest BCUT2D eigenvalue weighted by Crippen LogP contribution is 2.11. The third kappa shape index (κ3) is 6.48. The monoisotopic (exact) mass is 249 g/mol. The molecule has 0 aromatic heterocycles. The molecule has 0 aromatic rings. The van der Waals surface area contributed by atoms with Crippen molar-refractivity contribution in [1.29, 1.82) is 0 Å². The number of sulfone groups is 1. The highest BCUT2D eigenvalue weighted by atomic mass is 32.2. The van der Waals surface area contributed by atoms with Crippen LogP contribution in [0.15, 0.2) is 0 Å². The molecular weight excluding hydrogens is 222 g/mol. The van der Waals surface area contributed by atoms with Crippen LogP contribution >= 0.6 is 0 Å². The Bertz CT molecular complexity index is 291. The SMILES string of the molecule is CCC(C)CS(=O)(=O)C(C)CNC(C)(C)C. The Morgan fingerprint density at radius 1 is 1.19 bits per heavy atom. The van der Waals surface area contributed by atoms with Crippen molar-refractivity contribution in [2.75, 3.05) is 12.3 Å². The van der Waals surface area contributed by atoms with Crippen LogP contribution in [-0.4, -0.2) is 31.5 Å². The summed E-state index contributed by atoms with van der Waals surface area (Å²) in [5.74, 6) is 0.554. The van der Waals surface area contributed by atoms with Gasteiger partial charge in [0, 0.05) is 12.1 Å². The predicted octanol–water partition coefficient (Wildman–Crippen LogP) is 2.22. The second-order valence-corrected chi connectivity index (χ2v) is 8.25. The second kappa shape index (κ2) is 6.01. The minimum atomic E-state index is -2.96.